The number of nitro groups is 1. The molecule has 0 saturated carbocycles. The van der Waals surface area contributed by atoms with Crippen molar-refractivity contribution >= 4 is 34.5 Å². The van der Waals surface area contributed by atoms with E-state index in [-0.39, 0.29) is 11.7 Å². The normalized spacial score (nSPS) is 14.2. The van der Waals surface area contributed by atoms with Crippen molar-refractivity contribution in [2.24, 2.45) is 0 Å². The van der Waals surface area contributed by atoms with Crippen LogP contribution in [-0.2, 0) is 22.6 Å². The Morgan fingerprint density at radius 2 is 1.78 bits per heavy atom. The van der Waals surface area contributed by atoms with Gasteiger partial charge in [-0.25, -0.2) is 0 Å². The molecule has 8 nitrogen and oxygen atoms in total. The van der Waals surface area contributed by atoms with Crippen molar-refractivity contribution < 1.29 is 14.5 Å². The predicted molar refractivity (Wildman–Crippen MR) is 122 cm³/mol. The first kappa shape index (κ1) is 21.7. The van der Waals surface area contributed by atoms with Crippen LogP contribution in [0.2, 0.25) is 0 Å². The van der Waals surface area contributed by atoms with Gasteiger partial charge in [-0.2, -0.15) is 0 Å². The monoisotopic (exact) mass is 450 g/mol. The zero-order valence-electron chi connectivity index (χ0n) is 17.2. The summed E-state index contributed by atoms with van der Waals surface area (Å²) in [6.07, 6.45) is 0.937. The van der Waals surface area contributed by atoms with Crippen LogP contribution in [-0.4, -0.2) is 34.7 Å². The molecule has 0 spiro atoms. The number of benzene rings is 2. The average molecular weight is 451 g/mol. The van der Waals surface area contributed by atoms with Crippen molar-refractivity contribution in [1.29, 1.82) is 0 Å². The first-order valence-corrected chi connectivity index (χ1v) is 11.1. The molecule has 0 unspecified atom stereocenters. The average Bonchev–Trinajstić information content (AvgIpc) is 3.34. The molecule has 32 heavy (non-hydrogen) atoms. The zero-order chi connectivity index (χ0) is 22.5. The molecular formula is C23H22N4O4S. The highest BCUT2D eigenvalue weighted by Gasteiger charge is 2.26. The van der Waals surface area contributed by atoms with E-state index < -0.39 is 16.7 Å². The van der Waals surface area contributed by atoms with Gasteiger partial charge in [-0.1, -0.05) is 30.3 Å². The predicted octanol–water partition coefficient (Wildman–Crippen LogP) is 3.51. The van der Waals surface area contributed by atoms with Gasteiger partial charge in [0.25, 0.3) is 5.69 Å². The number of non-ortho nitro benzene ring substituents is 1. The van der Waals surface area contributed by atoms with Crippen LogP contribution in [0.4, 0.5) is 11.4 Å². The van der Waals surface area contributed by atoms with Gasteiger partial charge in [0.15, 0.2) is 0 Å². The van der Waals surface area contributed by atoms with Crippen molar-refractivity contribution in [2.75, 3.05) is 18.4 Å². The van der Waals surface area contributed by atoms with Crippen molar-refractivity contribution in [2.45, 2.75) is 19.0 Å². The van der Waals surface area contributed by atoms with Gasteiger partial charge in [0, 0.05) is 42.3 Å². The van der Waals surface area contributed by atoms with Crippen molar-refractivity contribution in [3.63, 3.8) is 0 Å². The third-order valence-electron chi connectivity index (χ3n) is 5.47. The second-order valence-corrected chi connectivity index (χ2v) is 8.47. The summed E-state index contributed by atoms with van der Waals surface area (Å²) < 4.78 is 0. The summed E-state index contributed by atoms with van der Waals surface area (Å²) in [7, 11) is 0. The quantitative estimate of drug-likeness (QED) is 0.340. The Morgan fingerprint density at radius 1 is 1.03 bits per heavy atom. The fourth-order valence-corrected chi connectivity index (χ4v) is 4.66. The molecule has 1 atom stereocenters. The summed E-state index contributed by atoms with van der Waals surface area (Å²) >= 11 is 1.62. The summed E-state index contributed by atoms with van der Waals surface area (Å²) in [5.74, 6) is -1.56. The number of nitrogens with zero attached hydrogens (tertiary/aromatic N) is 2. The summed E-state index contributed by atoms with van der Waals surface area (Å²) in [5.41, 5.74) is 2.86. The molecule has 2 heterocycles. The lowest BCUT2D eigenvalue weighted by atomic mass is 9.98. The number of thiophene rings is 1. The minimum absolute atomic E-state index is 0.0421. The lowest BCUT2D eigenvalue weighted by Crippen LogP contribution is -2.43. The third-order valence-corrected chi connectivity index (χ3v) is 6.44. The second-order valence-electron chi connectivity index (χ2n) is 7.49. The molecule has 3 aromatic rings. The summed E-state index contributed by atoms with van der Waals surface area (Å²) in [5, 5.41) is 18.0. The summed E-state index contributed by atoms with van der Waals surface area (Å²) in [4.78, 5) is 38.4. The van der Waals surface area contributed by atoms with E-state index in [1.165, 1.54) is 35.4 Å². The number of rotatable bonds is 6. The molecule has 9 heteroatoms. The summed E-state index contributed by atoms with van der Waals surface area (Å²) in [6.45, 7) is 1.95. The Hall–Kier alpha value is -3.56. The molecule has 0 saturated heterocycles. The van der Waals surface area contributed by atoms with Gasteiger partial charge in [-0.15, -0.1) is 11.3 Å². The molecule has 0 radical (unpaired) electrons. The smallest absolute Gasteiger partial charge is 0.313 e. The van der Waals surface area contributed by atoms with E-state index in [9.17, 15) is 19.7 Å². The van der Waals surface area contributed by atoms with Crippen molar-refractivity contribution in [3.8, 4) is 0 Å². The number of hydrogen-bond donors (Lipinski definition) is 2. The van der Waals surface area contributed by atoms with E-state index in [1.54, 1.807) is 11.3 Å². The summed E-state index contributed by atoms with van der Waals surface area (Å²) in [6, 6.07) is 17.7. The first-order valence-electron chi connectivity index (χ1n) is 10.2. The number of anilines is 1. The largest absolute Gasteiger partial charge is 0.346 e. The minimum Gasteiger partial charge on any atom is -0.346 e. The molecular weight excluding hydrogens is 428 g/mol. The minimum atomic E-state index is -0.812. The maximum atomic E-state index is 12.4. The molecule has 2 amide bonds. The topological polar surface area (TPSA) is 105 Å². The molecule has 0 fully saturated rings. The maximum Gasteiger partial charge on any atom is 0.313 e. The second kappa shape index (κ2) is 9.71. The van der Waals surface area contributed by atoms with Gasteiger partial charge in [0.05, 0.1) is 11.0 Å². The molecule has 0 bridgehead atoms. The lowest BCUT2D eigenvalue weighted by molar-refractivity contribution is -0.384. The number of nitro benzene ring substituents is 1. The fourth-order valence-electron chi connectivity index (χ4n) is 3.80. The Morgan fingerprint density at radius 3 is 2.47 bits per heavy atom. The van der Waals surface area contributed by atoms with Crippen LogP contribution in [0, 0.1) is 10.1 Å². The number of carbonyl (C=O) groups is 2. The lowest BCUT2D eigenvalue weighted by Gasteiger charge is -2.35. The molecule has 2 N–H and O–H groups in total. The number of carbonyl (C=O) groups excluding carboxylic acids is 2. The molecule has 1 aliphatic heterocycles. The maximum absolute atomic E-state index is 12.4. The van der Waals surface area contributed by atoms with Gasteiger partial charge < -0.3 is 10.6 Å². The Kier molecular flexibility index (Phi) is 6.58. The standard InChI is InChI=1S/C23H22N4O4S/c28-22(23(29)25-18-7-9-19(10-8-18)27(30)31)24-14-20(21-6-3-13-32-21)26-12-11-16-4-1-2-5-17(16)15-26/h1-10,13,20H,11-12,14-15H2,(H,24,28)(H,25,29)/t20-/m0/s1. The number of nitrogens with one attached hydrogen (secondary N) is 2. The molecule has 1 aliphatic rings. The van der Waals surface area contributed by atoms with E-state index >= 15 is 0 Å². The SMILES string of the molecule is O=C(NC[C@@H](c1cccs1)N1CCc2ccccc2C1)C(=O)Nc1ccc([N+](=O)[O-])cc1. The van der Waals surface area contributed by atoms with E-state index in [4.69, 9.17) is 0 Å². The number of hydrogen-bond acceptors (Lipinski definition) is 6. The Labute approximate surface area is 189 Å². The molecule has 4 rings (SSSR count). The highest BCUT2D eigenvalue weighted by molar-refractivity contribution is 7.10. The molecule has 0 aliphatic carbocycles. The van der Waals surface area contributed by atoms with Crippen molar-refractivity contribution in [3.05, 3.63) is 92.2 Å². The highest BCUT2D eigenvalue weighted by atomic mass is 32.1. The van der Waals surface area contributed by atoms with Crippen LogP contribution in [0.5, 0.6) is 0 Å². The van der Waals surface area contributed by atoms with Crippen LogP contribution in [0.1, 0.15) is 22.0 Å². The van der Waals surface area contributed by atoms with Gasteiger partial charge in [0.2, 0.25) is 0 Å². The van der Waals surface area contributed by atoms with Crippen molar-refractivity contribution in [1.82, 2.24) is 10.2 Å². The third kappa shape index (κ3) is 5.01. The van der Waals surface area contributed by atoms with Crippen LogP contribution >= 0.6 is 11.3 Å². The first-order chi connectivity index (χ1) is 15.5. The molecule has 164 valence electrons. The zero-order valence-corrected chi connectivity index (χ0v) is 18.0. The van der Waals surface area contributed by atoms with Crippen LogP contribution in [0.15, 0.2) is 66.0 Å². The van der Waals surface area contributed by atoms with Crippen LogP contribution in [0.3, 0.4) is 0 Å². The number of fused-ring (bicyclic) bond motifs is 1. The van der Waals surface area contributed by atoms with Crippen LogP contribution < -0.4 is 10.6 Å². The van der Waals surface area contributed by atoms with Gasteiger partial charge in [-0.3, -0.25) is 24.6 Å². The highest BCUT2D eigenvalue weighted by Crippen LogP contribution is 2.30. The van der Waals surface area contributed by atoms with Gasteiger partial charge in [0.1, 0.15) is 0 Å². The van der Waals surface area contributed by atoms with Gasteiger partial charge in [-0.05, 0) is 41.1 Å². The number of amides is 2. The Bertz CT molecular complexity index is 1120. The Balaban J connectivity index is 1.39. The van der Waals surface area contributed by atoms with E-state index in [0.29, 0.717) is 12.2 Å². The van der Waals surface area contributed by atoms with E-state index in [0.717, 1.165) is 24.4 Å². The van der Waals surface area contributed by atoms with E-state index in [1.807, 2.05) is 23.6 Å². The van der Waals surface area contributed by atoms with E-state index in [2.05, 4.69) is 33.7 Å². The molecule has 1 aromatic heterocycles. The molecule has 2 aromatic carbocycles. The van der Waals surface area contributed by atoms with Gasteiger partial charge >= 0.3 is 11.8 Å². The fraction of sp³-hybridized carbons (Fsp3) is 0.217. The van der Waals surface area contributed by atoms with Crippen LogP contribution in [0.25, 0.3) is 0 Å².